The van der Waals surface area contributed by atoms with Crippen molar-refractivity contribution in [3.8, 4) is 0 Å². The van der Waals surface area contributed by atoms with Crippen LogP contribution in [0.3, 0.4) is 0 Å². The van der Waals surface area contributed by atoms with Crippen molar-refractivity contribution >= 4 is 21.4 Å². The molecule has 2 heterocycles. The number of nitrogens with zero attached hydrogens (tertiary/aromatic N) is 1. The van der Waals surface area contributed by atoms with Crippen molar-refractivity contribution in [2.75, 3.05) is 25.9 Å². The summed E-state index contributed by atoms with van der Waals surface area (Å²) in [5.41, 5.74) is 1.41. The predicted molar refractivity (Wildman–Crippen MR) is 75.3 cm³/mol. The summed E-state index contributed by atoms with van der Waals surface area (Å²) < 4.78 is 24.5. The van der Waals surface area contributed by atoms with Crippen LogP contribution >= 0.6 is 11.3 Å². The van der Waals surface area contributed by atoms with Crippen molar-refractivity contribution in [1.29, 1.82) is 0 Å². The van der Waals surface area contributed by atoms with Crippen LogP contribution in [0, 0.1) is 0 Å². The molecule has 2 rings (SSSR count). The van der Waals surface area contributed by atoms with Crippen molar-refractivity contribution in [2.45, 2.75) is 25.3 Å². The summed E-state index contributed by atoms with van der Waals surface area (Å²) >= 11 is 1.74. The van der Waals surface area contributed by atoms with Crippen LogP contribution in [0.5, 0.6) is 0 Å². The normalized spacial score (nSPS) is 21.5. The second-order valence-electron chi connectivity index (χ2n) is 4.77. The average Bonchev–Trinajstić information content (AvgIpc) is 2.93. The lowest BCUT2D eigenvalue weighted by atomic mass is 10.1. The first-order valence-electron chi connectivity index (χ1n) is 6.27. The Balaban J connectivity index is 1.79. The molecule has 102 valence electrons. The van der Waals surface area contributed by atoms with E-state index in [1.165, 1.54) is 24.7 Å². The number of likely N-dealkylation sites (tertiary alicyclic amines) is 1. The monoisotopic (exact) mass is 288 g/mol. The lowest BCUT2D eigenvalue weighted by Crippen LogP contribution is -2.29. The van der Waals surface area contributed by atoms with Gasteiger partial charge < -0.3 is 0 Å². The third-order valence-corrected chi connectivity index (χ3v) is 4.71. The Hall–Kier alpha value is -0.430. The van der Waals surface area contributed by atoms with Crippen molar-refractivity contribution < 1.29 is 8.42 Å². The summed E-state index contributed by atoms with van der Waals surface area (Å²) in [5.74, 6) is 0. The van der Waals surface area contributed by atoms with E-state index in [4.69, 9.17) is 0 Å². The molecule has 0 aliphatic carbocycles. The second kappa shape index (κ2) is 6.14. The van der Waals surface area contributed by atoms with Crippen LogP contribution in [0.1, 0.15) is 30.9 Å². The van der Waals surface area contributed by atoms with Gasteiger partial charge in [-0.15, -0.1) is 0 Å². The molecule has 0 bridgehead atoms. The van der Waals surface area contributed by atoms with E-state index in [2.05, 4.69) is 26.4 Å². The maximum Gasteiger partial charge on any atom is 0.208 e. The van der Waals surface area contributed by atoms with Crippen LogP contribution in [0.2, 0.25) is 0 Å². The quantitative estimate of drug-likeness (QED) is 0.812. The van der Waals surface area contributed by atoms with Crippen molar-refractivity contribution in [3.63, 3.8) is 0 Å². The van der Waals surface area contributed by atoms with Crippen molar-refractivity contribution in [3.05, 3.63) is 22.4 Å². The third-order valence-electron chi connectivity index (χ3n) is 3.28. The molecule has 1 aromatic rings. The predicted octanol–water partition coefficient (Wildman–Crippen LogP) is 1.82. The van der Waals surface area contributed by atoms with E-state index >= 15 is 0 Å². The molecule has 0 spiro atoms. The van der Waals surface area contributed by atoms with Gasteiger partial charge in [0.25, 0.3) is 0 Å². The standard InChI is InChI=1S/C12H20N2O2S2/c1-18(15,16)13-6-3-8-14-7-2-4-12(14)11-5-9-17-10-11/h5,9-10,12-13H,2-4,6-8H2,1H3/t12-/m1/s1. The first-order valence-corrected chi connectivity index (χ1v) is 9.10. The fourth-order valence-electron chi connectivity index (χ4n) is 2.48. The summed E-state index contributed by atoms with van der Waals surface area (Å²) in [6.07, 6.45) is 4.53. The largest absolute Gasteiger partial charge is 0.296 e. The Morgan fingerprint density at radius 3 is 3.06 bits per heavy atom. The Bertz CT molecular complexity index is 456. The fraction of sp³-hybridized carbons (Fsp3) is 0.667. The molecule has 1 N–H and O–H groups in total. The number of rotatable bonds is 6. The van der Waals surface area contributed by atoms with Crippen molar-refractivity contribution in [1.82, 2.24) is 9.62 Å². The molecule has 6 heteroatoms. The van der Waals surface area contributed by atoms with E-state index in [1.807, 2.05) is 0 Å². The van der Waals surface area contributed by atoms with E-state index in [1.54, 1.807) is 11.3 Å². The minimum Gasteiger partial charge on any atom is -0.296 e. The van der Waals surface area contributed by atoms with Gasteiger partial charge >= 0.3 is 0 Å². The van der Waals surface area contributed by atoms with Crippen LogP contribution in [0.25, 0.3) is 0 Å². The first-order chi connectivity index (χ1) is 8.56. The number of hydrogen-bond acceptors (Lipinski definition) is 4. The molecule has 1 atom stereocenters. The van der Waals surface area contributed by atoms with Crippen LogP contribution in [0.4, 0.5) is 0 Å². The van der Waals surface area contributed by atoms with Crippen LogP contribution < -0.4 is 4.72 Å². The highest BCUT2D eigenvalue weighted by Gasteiger charge is 2.25. The number of thiophene rings is 1. The smallest absolute Gasteiger partial charge is 0.208 e. The minimum atomic E-state index is -3.04. The van der Waals surface area contributed by atoms with Crippen molar-refractivity contribution in [2.24, 2.45) is 0 Å². The Morgan fingerprint density at radius 1 is 1.56 bits per heavy atom. The Labute approximate surface area is 113 Å². The van der Waals surface area contributed by atoms with Gasteiger partial charge in [-0.1, -0.05) is 0 Å². The van der Waals surface area contributed by atoms with Gasteiger partial charge in [-0.2, -0.15) is 11.3 Å². The third kappa shape index (κ3) is 4.05. The zero-order valence-corrected chi connectivity index (χ0v) is 12.3. The molecule has 4 nitrogen and oxygen atoms in total. The average molecular weight is 288 g/mol. The van der Waals surface area contributed by atoms with E-state index in [9.17, 15) is 8.42 Å². The van der Waals surface area contributed by atoms with Gasteiger partial charge in [-0.05, 0) is 54.7 Å². The topological polar surface area (TPSA) is 49.4 Å². The zero-order valence-electron chi connectivity index (χ0n) is 10.6. The molecule has 1 aromatic heterocycles. The molecule has 0 unspecified atom stereocenters. The lowest BCUT2D eigenvalue weighted by molar-refractivity contribution is 0.255. The SMILES string of the molecule is CS(=O)(=O)NCCCN1CCC[C@@H]1c1ccsc1. The summed E-state index contributed by atoms with van der Waals surface area (Å²) in [7, 11) is -3.04. The summed E-state index contributed by atoms with van der Waals surface area (Å²) in [4.78, 5) is 2.46. The van der Waals surface area contributed by atoms with Gasteiger partial charge in [0.15, 0.2) is 0 Å². The molecule has 18 heavy (non-hydrogen) atoms. The Kier molecular flexibility index (Phi) is 4.77. The first kappa shape index (κ1) is 14.0. The van der Waals surface area contributed by atoms with Gasteiger partial charge in [-0.25, -0.2) is 13.1 Å². The molecule has 1 fully saturated rings. The van der Waals surface area contributed by atoms with Gasteiger partial charge in [-0.3, -0.25) is 4.90 Å². The van der Waals surface area contributed by atoms with Gasteiger partial charge in [0.05, 0.1) is 6.26 Å². The molecule has 0 amide bonds. The summed E-state index contributed by atoms with van der Waals surface area (Å²) in [6.45, 7) is 2.62. The summed E-state index contributed by atoms with van der Waals surface area (Å²) in [6, 6.07) is 2.73. The molecular weight excluding hydrogens is 268 g/mol. The highest BCUT2D eigenvalue weighted by Crippen LogP contribution is 2.32. The van der Waals surface area contributed by atoms with E-state index in [0.29, 0.717) is 12.6 Å². The highest BCUT2D eigenvalue weighted by atomic mass is 32.2. The minimum absolute atomic E-state index is 0.533. The molecule has 1 saturated heterocycles. The molecular formula is C12H20N2O2S2. The molecule has 1 aliphatic rings. The highest BCUT2D eigenvalue weighted by molar-refractivity contribution is 7.88. The maximum atomic E-state index is 11.0. The lowest BCUT2D eigenvalue weighted by Gasteiger charge is -2.23. The molecule has 0 aromatic carbocycles. The van der Waals surface area contributed by atoms with Crippen LogP contribution in [-0.4, -0.2) is 39.2 Å². The number of nitrogens with one attached hydrogen (secondary N) is 1. The molecule has 0 saturated carbocycles. The Morgan fingerprint density at radius 2 is 2.39 bits per heavy atom. The van der Waals surface area contributed by atoms with E-state index in [-0.39, 0.29) is 0 Å². The zero-order chi connectivity index (χ0) is 13.0. The fourth-order valence-corrected chi connectivity index (χ4v) is 3.70. The van der Waals surface area contributed by atoms with E-state index < -0.39 is 10.0 Å². The van der Waals surface area contributed by atoms with Gasteiger partial charge in [0.2, 0.25) is 10.0 Å². The molecule has 0 radical (unpaired) electrons. The second-order valence-corrected chi connectivity index (χ2v) is 7.38. The maximum absolute atomic E-state index is 11.0. The summed E-state index contributed by atoms with van der Waals surface area (Å²) in [5, 5.41) is 4.34. The van der Waals surface area contributed by atoms with Crippen LogP contribution in [-0.2, 0) is 10.0 Å². The van der Waals surface area contributed by atoms with Gasteiger partial charge in [0.1, 0.15) is 0 Å². The van der Waals surface area contributed by atoms with E-state index in [0.717, 1.165) is 19.5 Å². The number of sulfonamides is 1. The molecule has 1 aliphatic heterocycles. The number of hydrogen-bond donors (Lipinski definition) is 1. The van der Waals surface area contributed by atoms with Gasteiger partial charge in [0, 0.05) is 12.6 Å². The van der Waals surface area contributed by atoms with Crippen LogP contribution in [0.15, 0.2) is 16.8 Å².